The van der Waals surface area contributed by atoms with Crippen LogP contribution in [0.15, 0.2) is 6.20 Å². The van der Waals surface area contributed by atoms with Crippen LogP contribution in [0.5, 0.6) is 5.75 Å². The summed E-state index contributed by atoms with van der Waals surface area (Å²) < 4.78 is 4.85. The highest BCUT2D eigenvalue weighted by Gasteiger charge is 2.09. The maximum atomic E-state index is 5.72. The number of methoxy groups -OCH3 is 1. The van der Waals surface area contributed by atoms with Gasteiger partial charge in [0.1, 0.15) is 5.02 Å². The molecule has 0 saturated carbocycles. The lowest BCUT2D eigenvalue weighted by Crippen LogP contribution is -1.93. The third-order valence-corrected chi connectivity index (χ3v) is 1.82. The SMILES string of the molecule is COc1c(Cl)ncc(N)c1Cl. The molecule has 0 saturated heterocycles. The summed E-state index contributed by atoms with van der Waals surface area (Å²) in [5.41, 5.74) is 5.79. The predicted octanol–water partition coefficient (Wildman–Crippen LogP) is 1.98. The molecule has 1 aromatic heterocycles. The van der Waals surface area contributed by atoms with Crippen molar-refractivity contribution in [2.75, 3.05) is 12.8 Å². The number of hydrogen-bond donors (Lipinski definition) is 1. The Morgan fingerprint density at radius 2 is 2.18 bits per heavy atom. The van der Waals surface area contributed by atoms with Crippen LogP contribution in [0.1, 0.15) is 0 Å². The van der Waals surface area contributed by atoms with Gasteiger partial charge < -0.3 is 10.5 Å². The van der Waals surface area contributed by atoms with Gasteiger partial charge in [0.05, 0.1) is 19.0 Å². The highest BCUT2D eigenvalue weighted by Crippen LogP contribution is 2.34. The van der Waals surface area contributed by atoms with E-state index >= 15 is 0 Å². The zero-order chi connectivity index (χ0) is 8.43. The Balaban J connectivity index is 3.29. The minimum Gasteiger partial charge on any atom is -0.492 e. The average Bonchev–Trinajstić information content (AvgIpc) is 1.99. The lowest BCUT2D eigenvalue weighted by molar-refractivity contribution is 0.413. The Morgan fingerprint density at radius 1 is 1.55 bits per heavy atom. The molecule has 0 unspecified atom stereocenters. The summed E-state index contributed by atoms with van der Waals surface area (Å²) in [6.45, 7) is 0. The molecule has 0 atom stereocenters. The number of ether oxygens (including phenoxy) is 1. The van der Waals surface area contributed by atoms with E-state index in [1.165, 1.54) is 13.3 Å². The number of nitrogens with two attached hydrogens (primary N) is 1. The van der Waals surface area contributed by atoms with Crippen molar-refractivity contribution in [2.45, 2.75) is 0 Å². The van der Waals surface area contributed by atoms with Crippen molar-refractivity contribution in [2.24, 2.45) is 0 Å². The number of anilines is 1. The number of hydrogen-bond acceptors (Lipinski definition) is 3. The lowest BCUT2D eigenvalue weighted by atomic mass is 10.4. The maximum absolute atomic E-state index is 5.72. The molecular weight excluding hydrogens is 187 g/mol. The van der Waals surface area contributed by atoms with Crippen molar-refractivity contribution >= 4 is 28.9 Å². The zero-order valence-corrected chi connectivity index (χ0v) is 7.28. The highest BCUT2D eigenvalue weighted by molar-refractivity contribution is 6.38. The third-order valence-electron chi connectivity index (χ3n) is 1.16. The molecular formula is C6H6Cl2N2O. The molecule has 2 N–H and O–H groups in total. The van der Waals surface area contributed by atoms with Crippen molar-refractivity contribution in [1.82, 2.24) is 4.98 Å². The number of aromatic nitrogens is 1. The van der Waals surface area contributed by atoms with Gasteiger partial charge in [-0.05, 0) is 0 Å². The van der Waals surface area contributed by atoms with E-state index in [0.29, 0.717) is 16.5 Å². The largest absolute Gasteiger partial charge is 0.492 e. The molecule has 0 amide bonds. The van der Waals surface area contributed by atoms with Gasteiger partial charge in [-0.1, -0.05) is 23.2 Å². The number of rotatable bonds is 1. The van der Waals surface area contributed by atoms with Crippen molar-refractivity contribution in [3.63, 3.8) is 0 Å². The van der Waals surface area contributed by atoms with Gasteiger partial charge in [-0.15, -0.1) is 0 Å². The molecule has 1 heterocycles. The van der Waals surface area contributed by atoms with Gasteiger partial charge in [0.25, 0.3) is 0 Å². The molecule has 11 heavy (non-hydrogen) atoms. The van der Waals surface area contributed by atoms with Gasteiger partial charge in [0, 0.05) is 0 Å². The van der Waals surface area contributed by atoms with Crippen LogP contribution in [-0.4, -0.2) is 12.1 Å². The summed E-state index contributed by atoms with van der Waals surface area (Å²) in [5.74, 6) is 0.313. The molecule has 0 aliphatic carbocycles. The second-order valence-corrected chi connectivity index (χ2v) is 2.59. The first-order chi connectivity index (χ1) is 5.16. The monoisotopic (exact) mass is 192 g/mol. The van der Waals surface area contributed by atoms with Crippen LogP contribution in [-0.2, 0) is 0 Å². The van der Waals surface area contributed by atoms with Crippen LogP contribution in [0.25, 0.3) is 0 Å². The fourth-order valence-corrected chi connectivity index (χ4v) is 1.12. The van der Waals surface area contributed by atoms with E-state index in [9.17, 15) is 0 Å². The van der Waals surface area contributed by atoms with E-state index < -0.39 is 0 Å². The van der Waals surface area contributed by atoms with Crippen LogP contribution in [0.2, 0.25) is 10.2 Å². The van der Waals surface area contributed by atoms with Gasteiger partial charge in [0.15, 0.2) is 10.9 Å². The molecule has 60 valence electrons. The Kier molecular flexibility index (Phi) is 2.42. The van der Waals surface area contributed by atoms with E-state index in [4.69, 9.17) is 33.7 Å². The Hall–Kier alpha value is -0.670. The predicted molar refractivity (Wildman–Crippen MR) is 45.2 cm³/mol. The van der Waals surface area contributed by atoms with Crippen molar-refractivity contribution in [3.05, 3.63) is 16.4 Å². The topological polar surface area (TPSA) is 48.1 Å². The third kappa shape index (κ3) is 1.49. The highest BCUT2D eigenvalue weighted by atomic mass is 35.5. The van der Waals surface area contributed by atoms with E-state index in [1.54, 1.807) is 0 Å². The Bertz CT molecular complexity index is 278. The molecule has 0 aliphatic heterocycles. The molecule has 0 fully saturated rings. The molecule has 0 aliphatic rings. The normalized spacial score (nSPS) is 9.73. The summed E-state index contributed by atoms with van der Waals surface area (Å²) in [6, 6.07) is 0. The van der Waals surface area contributed by atoms with Crippen LogP contribution in [0, 0.1) is 0 Å². The molecule has 0 aromatic carbocycles. The minimum absolute atomic E-state index is 0.215. The van der Waals surface area contributed by atoms with Crippen molar-refractivity contribution < 1.29 is 4.74 Å². The lowest BCUT2D eigenvalue weighted by Gasteiger charge is -2.05. The fourth-order valence-electron chi connectivity index (χ4n) is 0.637. The van der Waals surface area contributed by atoms with Crippen LogP contribution < -0.4 is 10.5 Å². The average molecular weight is 193 g/mol. The first kappa shape index (κ1) is 8.43. The van der Waals surface area contributed by atoms with Gasteiger partial charge in [-0.25, -0.2) is 4.98 Å². The number of nitrogens with zero attached hydrogens (tertiary/aromatic N) is 1. The van der Waals surface area contributed by atoms with Crippen LogP contribution >= 0.6 is 23.2 Å². The van der Waals surface area contributed by atoms with Crippen LogP contribution in [0.3, 0.4) is 0 Å². The molecule has 0 radical (unpaired) electrons. The summed E-state index contributed by atoms with van der Waals surface area (Å²) in [4.78, 5) is 3.74. The molecule has 5 heteroatoms. The van der Waals surface area contributed by atoms with Gasteiger partial charge in [0.2, 0.25) is 0 Å². The van der Waals surface area contributed by atoms with E-state index in [1.807, 2.05) is 0 Å². The smallest absolute Gasteiger partial charge is 0.176 e. The molecule has 1 aromatic rings. The van der Waals surface area contributed by atoms with Gasteiger partial charge in [-0.3, -0.25) is 0 Å². The number of nitrogen functional groups attached to an aromatic ring is 1. The first-order valence-electron chi connectivity index (χ1n) is 2.80. The molecule has 0 spiro atoms. The number of halogens is 2. The summed E-state index contributed by atoms with van der Waals surface area (Å²) in [5, 5.41) is 0.513. The summed E-state index contributed by atoms with van der Waals surface area (Å²) >= 11 is 11.3. The van der Waals surface area contributed by atoms with Gasteiger partial charge >= 0.3 is 0 Å². The quantitative estimate of drug-likeness (QED) is 0.693. The second kappa shape index (κ2) is 3.15. The number of pyridine rings is 1. The van der Waals surface area contributed by atoms with Crippen molar-refractivity contribution in [1.29, 1.82) is 0 Å². The van der Waals surface area contributed by atoms with E-state index in [2.05, 4.69) is 4.98 Å². The molecule has 1 rings (SSSR count). The Morgan fingerprint density at radius 3 is 2.64 bits per heavy atom. The zero-order valence-electron chi connectivity index (χ0n) is 5.77. The second-order valence-electron chi connectivity index (χ2n) is 1.85. The standard InChI is InChI=1S/C6H6Cl2N2O/c1-11-5-4(7)3(9)2-10-6(5)8/h2H,9H2,1H3. The Labute approximate surface area is 74.1 Å². The van der Waals surface area contributed by atoms with E-state index in [0.717, 1.165) is 0 Å². The van der Waals surface area contributed by atoms with Crippen LogP contribution in [0.4, 0.5) is 5.69 Å². The fraction of sp³-hybridized carbons (Fsp3) is 0.167. The van der Waals surface area contributed by atoms with E-state index in [-0.39, 0.29) is 5.15 Å². The van der Waals surface area contributed by atoms with Crippen molar-refractivity contribution in [3.8, 4) is 5.75 Å². The maximum Gasteiger partial charge on any atom is 0.176 e. The molecule has 3 nitrogen and oxygen atoms in total. The molecule has 0 bridgehead atoms. The first-order valence-corrected chi connectivity index (χ1v) is 3.56. The minimum atomic E-state index is 0.215. The summed E-state index contributed by atoms with van der Waals surface area (Å²) in [7, 11) is 1.45. The summed E-state index contributed by atoms with van der Waals surface area (Å²) in [6.07, 6.45) is 1.38. The van der Waals surface area contributed by atoms with Gasteiger partial charge in [-0.2, -0.15) is 0 Å².